The van der Waals surface area contributed by atoms with Gasteiger partial charge in [-0.1, -0.05) is 0 Å². The molecule has 2 aromatic rings. The van der Waals surface area contributed by atoms with Crippen molar-refractivity contribution in [1.82, 2.24) is 14.8 Å². The van der Waals surface area contributed by atoms with E-state index in [0.717, 1.165) is 12.1 Å². The van der Waals surface area contributed by atoms with Gasteiger partial charge in [0.1, 0.15) is 11.6 Å². The van der Waals surface area contributed by atoms with Crippen LogP contribution in [0.5, 0.6) is 0 Å². The lowest BCUT2D eigenvalue weighted by atomic mass is 10.2. The molecule has 0 amide bonds. The van der Waals surface area contributed by atoms with Crippen LogP contribution in [-0.2, 0) is 12.4 Å². The predicted molar refractivity (Wildman–Crippen MR) is 68.3 cm³/mol. The summed E-state index contributed by atoms with van der Waals surface area (Å²) in [6.45, 7) is 2.71. The van der Waals surface area contributed by atoms with Crippen molar-refractivity contribution in [3.8, 4) is 11.4 Å². The van der Waals surface area contributed by atoms with Crippen LogP contribution in [-0.4, -0.2) is 14.8 Å². The largest absolute Gasteiger partial charge is 0.310 e. The molecule has 2 rings (SSSR count). The van der Waals surface area contributed by atoms with Gasteiger partial charge in [-0.25, -0.2) is 4.39 Å². The first-order valence-electron chi connectivity index (χ1n) is 5.10. The van der Waals surface area contributed by atoms with Gasteiger partial charge in [0.25, 0.3) is 0 Å². The number of hydrogen-bond acceptors (Lipinski definition) is 2. The van der Waals surface area contributed by atoms with Crippen molar-refractivity contribution in [3.63, 3.8) is 0 Å². The molecule has 0 aliphatic rings. The second kappa shape index (κ2) is 5.14. The van der Waals surface area contributed by atoms with Gasteiger partial charge in [0.05, 0.1) is 10.4 Å². The normalized spacial score (nSPS) is 10.8. The lowest BCUT2D eigenvalue weighted by Crippen LogP contribution is -2.02. The third-order valence-corrected chi connectivity index (χ3v) is 3.29. The van der Waals surface area contributed by atoms with E-state index >= 15 is 0 Å². The second-order valence-electron chi connectivity index (χ2n) is 3.45. The summed E-state index contributed by atoms with van der Waals surface area (Å²) in [5.74, 6) is 1.42. The highest BCUT2D eigenvalue weighted by Gasteiger charge is 2.12. The zero-order valence-corrected chi connectivity index (χ0v) is 11.5. The maximum absolute atomic E-state index is 13.2. The summed E-state index contributed by atoms with van der Waals surface area (Å²) in [6.07, 6.45) is 0. The van der Waals surface area contributed by atoms with Crippen LogP contribution >= 0.6 is 27.5 Å². The molecular weight excluding hydrogens is 308 g/mol. The van der Waals surface area contributed by atoms with E-state index < -0.39 is 0 Å². The zero-order valence-electron chi connectivity index (χ0n) is 9.12. The maximum Gasteiger partial charge on any atom is 0.164 e. The highest BCUT2D eigenvalue weighted by molar-refractivity contribution is 9.10. The third kappa shape index (κ3) is 2.35. The molecule has 0 aliphatic heterocycles. The SMILES string of the molecule is CCn1c(CCl)nnc1-c1ccc(F)c(Br)c1. The monoisotopic (exact) mass is 317 g/mol. The average molecular weight is 319 g/mol. The summed E-state index contributed by atoms with van der Waals surface area (Å²) in [5.41, 5.74) is 0.809. The number of hydrogen-bond donors (Lipinski definition) is 0. The van der Waals surface area contributed by atoms with Gasteiger partial charge in [-0.05, 0) is 41.1 Å². The van der Waals surface area contributed by atoms with E-state index in [9.17, 15) is 4.39 Å². The molecule has 1 aromatic carbocycles. The molecule has 0 spiro atoms. The highest BCUT2D eigenvalue weighted by atomic mass is 79.9. The van der Waals surface area contributed by atoms with Crippen LogP contribution in [0.15, 0.2) is 22.7 Å². The Hall–Kier alpha value is -0.940. The fourth-order valence-electron chi connectivity index (χ4n) is 1.62. The molecule has 0 saturated heterocycles. The number of alkyl halides is 1. The molecule has 3 nitrogen and oxygen atoms in total. The molecule has 17 heavy (non-hydrogen) atoms. The Bertz CT molecular complexity index is 542. The van der Waals surface area contributed by atoms with Crippen LogP contribution in [0.25, 0.3) is 11.4 Å². The van der Waals surface area contributed by atoms with Gasteiger partial charge in [-0.2, -0.15) is 0 Å². The molecule has 0 radical (unpaired) electrons. The first kappa shape index (κ1) is 12.5. The van der Waals surface area contributed by atoms with Crippen molar-refractivity contribution >= 4 is 27.5 Å². The zero-order chi connectivity index (χ0) is 12.4. The fourth-order valence-corrected chi connectivity index (χ4v) is 2.19. The number of rotatable bonds is 3. The Morgan fingerprint density at radius 1 is 1.41 bits per heavy atom. The van der Waals surface area contributed by atoms with Crippen LogP contribution in [0.2, 0.25) is 0 Å². The Balaban J connectivity index is 2.52. The molecule has 0 saturated carbocycles. The second-order valence-corrected chi connectivity index (χ2v) is 4.57. The number of halogens is 3. The number of nitrogens with zero attached hydrogens (tertiary/aromatic N) is 3. The van der Waals surface area contributed by atoms with Gasteiger partial charge in [-0.15, -0.1) is 21.8 Å². The minimum atomic E-state index is -0.297. The van der Waals surface area contributed by atoms with Gasteiger partial charge >= 0.3 is 0 Å². The van der Waals surface area contributed by atoms with E-state index in [-0.39, 0.29) is 5.82 Å². The summed E-state index contributed by atoms with van der Waals surface area (Å²) < 4.78 is 15.5. The van der Waals surface area contributed by atoms with Gasteiger partial charge in [0, 0.05) is 12.1 Å². The summed E-state index contributed by atoms with van der Waals surface area (Å²) in [4.78, 5) is 0. The van der Waals surface area contributed by atoms with Crippen LogP contribution in [0.1, 0.15) is 12.7 Å². The minimum Gasteiger partial charge on any atom is -0.310 e. The van der Waals surface area contributed by atoms with Crippen molar-refractivity contribution in [3.05, 3.63) is 34.3 Å². The molecule has 90 valence electrons. The topological polar surface area (TPSA) is 30.7 Å². The molecule has 6 heteroatoms. The lowest BCUT2D eigenvalue weighted by Gasteiger charge is -2.06. The quantitative estimate of drug-likeness (QED) is 0.810. The Morgan fingerprint density at radius 2 is 2.18 bits per heavy atom. The van der Waals surface area contributed by atoms with Gasteiger partial charge in [-0.3, -0.25) is 0 Å². The van der Waals surface area contributed by atoms with Crippen molar-refractivity contribution in [2.24, 2.45) is 0 Å². The molecule has 0 bridgehead atoms. The number of aromatic nitrogens is 3. The maximum atomic E-state index is 13.2. The summed E-state index contributed by atoms with van der Waals surface area (Å²) >= 11 is 8.93. The predicted octanol–water partition coefficient (Wildman–Crippen LogP) is 3.61. The molecule has 0 unspecified atom stereocenters. The first-order valence-corrected chi connectivity index (χ1v) is 6.43. The van der Waals surface area contributed by atoms with Crippen molar-refractivity contribution in [2.75, 3.05) is 0 Å². The van der Waals surface area contributed by atoms with Gasteiger partial charge in [0.15, 0.2) is 5.82 Å². The molecule has 1 heterocycles. The van der Waals surface area contributed by atoms with Crippen LogP contribution in [0.4, 0.5) is 4.39 Å². The van der Waals surface area contributed by atoms with E-state index in [1.54, 1.807) is 12.1 Å². The lowest BCUT2D eigenvalue weighted by molar-refractivity contribution is 0.621. The molecule has 0 atom stereocenters. The van der Waals surface area contributed by atoms with E-state index in [2.05, 4.69) is 26.1 Å². The van der Waals surface area contributed by atoms with Crippen molar-refractivity contribution < 1.29 is 4.39 Å². The Kier molecular flexibility index (Phi) is 3.79. The minimum absolute atomic E-state index is 0.297. The summed E-state index contributed by atoms with van der Waals surface area (Å²) in [6, 6.07) is 4.76. The molecular formula is C11H10BrClFN3. The first-order chi connectivity index (χ1) is 8.17. The van der Waals surface area contributed by atoms with Gasteiger partial charge < -0.3 is 4.57 Å². The van der Waals surface area contributed by atoms with Gasteiger partial charge in [0.2, 0.25) is 0 Å². The smallest absolute Gasteiger partial charge is 0.164 e. The van der Waals surface area contributed by atoms with E-state index in [1.807, 2.05) is 11.5 Å². The third-order valence-electron chi connectivity index (χ3n) is 2.44. The van der Waals surface area contributed by atoms with E-state index in [4.69, 9.17) is 11.6 Å². The standard InChI is InChI=1S/C11H10BrClFN3/c1-2-17-10(6-13)15-16-11(17)7-3-4-9(14)8(12)5-7/h3-5H,2,6H2,1H3. The molecule has 1 aromatic heterocycles. The average Bonchev–Trinajstić information content (AvgIpc) is 2.75. The molecule has 0 fully saturated rings. The fraction of sp³-hybridized carbons (Fsp3) is 0.273. The highest BCUT2D eigenvalue weighted by Crippen LogP contribution is 2.24. The van der Waals surface area contributed by atoms with Crippen LogP contribution in [0.3, 0.4) is 0 Å². The number of benzene rings is 1. The molecule has 0 aliphatic carbocycles. The van der Waals surface area contributed by atoms with E-state index in [0.29, 0.717) is 22.0 Å². The molecule has 0 N–H and O–H groups in total. The van der Waals surface area contributed by atoms with Crippen molar-refractivity contribution in [1.29, 1.82) is 0 Å². The summed E-state index contributed by atoms with van der Waals surface area (Å²) in [5, 5.41) is 8.09. The van der Waals surface area contributed by atoms with Crippen LogP contribution < -0.4 is 0 Å². The Morgan fingerprint density at radius 3 is 2.76 bits per heavy atom. The Labute approximate surface area is 112 Å². The van der Waals surface area contributed by atoms with Crippen LogP contribution in [0, 0.1) is 5.82 Å². The summed E-state index contributed by atoms with van der Waals surface area (Å²) in [7, 11) is 0. The van der Waals surface area contributed by atoms with E-state index in [1.165, 1.54) is 6.07 Å². The van der Waals surface area contributed by atoms with Crippen molar-refractivity contribution in [2.45, 2.75) is 19.3 Å².